The van der Waals surface area contributed by atoms with Gasteiger partial charge >= 0.3 is 5.97 Å². The van der Waals surface area contributed by atoms with Gasteiger partial charge in [0.15, 0.2) is 5.82 Å². The van der Waals surface area contributed by atoms with Crippen molar-refractivity contribution in [3.8, 4) is 5.82 Å². The third kappa shape index (κ3) is 2.64. The zero-order chi connectivity index (χ0) is 12.3. The Labute approximate surface area is 96.4 Å². The molecule has 1 unspecified atom stereocenters. The summed E-state index contributed by atoms with van der Waals surface area (Å²) in [5.74, 6) is -0.508. The SMILES string of the molecule is O=C(O)CC(O)c1ccc(-n2cncn2)nc1. The fourth-order valence-corrected chi connectivity index (χ4v) is 1.34. The molecule has 0 amide bonds. The minimum atomic E-state index is -1.06. The molecule has 1 atom stereocenters. The van der Waals surface area contributed by atoms with E-state index in [1.807, 2.05) is 0 Å². The molecule has 0 aliphatic heterocycles. The summed E-state index contributed by atoms with van der Waals surface area (Å²) in [5, 5.41) is 22.0. The summed E-state index contributed by atoms with van der Waals surface area (Å²) >= 11 is 0. The first kappa shape index (κ1) is 11.2. The first-order chi connectivity index (χ1) is 8.16. The first-order valence-electron chi connectivity index (χ1n) is 4.87. The van der Waals surface area contributed by atoms with Gasteiger partial charge in [0.2, 0.25) is 0 Å². The summed E-state index contributed by atoms with van der Waals surface area (Å²) in [4.78, 5) is 18.3. The van der Waals surface area contributed by atoms with Gasteiger partial charge in [0, 0.05) is 6.20 Å². The third-order valence-corrected chi connectivity index (χ3v) is 2.18. The molecule has 0 aliphatic carbocycles. The van der Waals surface area contributed by atoms with Crippen LogP contribution >= 0.6 is 0 Å². The van der Waals surface area contributed by atoms with E-state index in [4.69, 9.17) is 5.11 Å². The summed E-state index contributed by atoms with van der Waals surface area (Å²) in [7, 11) is 0. The number of aliphatic hydroxyl groups excluding tert-OH is 1. The van der Waals surface area contributed by atoms with Gasteiger partial charge in [-0.3, -0.25) is 4.79 Å². The molecule has 0 aliphatic rings. The predicted molar refractivity (Wildman–Crippen MR) is 56.4 cm³/mol. The van der Waals surface area contributed by atoms with Gasteiger partial charge in [-0.2, -0.15) is 5.10 Å². The van der Waals surface area contributed by atoms with Crippen LogP contribution in [-0.2, 0) is 4.79 Å². The molecule has 2 aromatic heterocycles. The molecule has 0 aromatic carbocycles. The number of carboxylic acid groups (broad SMARTS) is 1. The highest BCUT2D eigenvalue weighted by Gasteiger charge is 2.12. The zero-order valence-corrected chi connectivity index (χ0v) is 8.76. The van der Waals surface area contributed by atoms with Crippen LogP contribution in [0, 0.1) is 0 Å². The van der Waals surface area contributed by atoms with E-state index < -0.39 is 12.1 Å². The molecule has 7 heteroatoms. The topological polar surface area (TPSA) is 101 Å². The van der Waals surface area contributed by atoms with E-state index in [2.05, 4.69) is 15.1 Å². The van der Waals surface area contributed by atoms with Gasteiger partial charge in [0.25, 0.3) is 0 Å². The van der Waals surface area contributed by atoms with Crippen LogP contribution in [0.1, 0.15) is 18.1 Å². The van der Waals surface area contributed by atoms with Crippen molar-refractivity contribution < 1.29 is 15.0 Å². The lowest BCUT2D eigenvalue weighted by Crippen LogP contribution is -2.06. The maximum absolute atomic E-state index is 10.4. The molecule has 0 fully saturated rings. The number of nitrogens with zero attached hydrogens (tertiary/aromatic N) is 4. The molecule has 88 valence electrons. The molecule has 0 saturated heterocycles. The molecule has 0 radical (unpaired) electrons. The molecule has 2 N–H and O–H groups in total. The highest BCUT2D eigenvalue weighted by atomic mass is 16.4. The van der Waals surface area contributed by atoms with Gasteiger partial charge in [0.05, 0.1) is 12.5 Å². The number of rotatable bonds is 4. The molecule has 17 heavy (non-hydrogen) atoms. The predicted octanol–water partition coefficient (Wildman–Crippen LogP) is 0.170. The van der Waals surface area contributed by atoms with Crippen LogP contribution in [0.5, 0.6) is 0 Å². The van der Waals surface area contributed by atoms with Gasteiger partial charge in [-0.25, -0.2) is 14.6 Å². The number of carboxylic acids is 1. The molecule has 0 bridgehead atoms. The second kappa shape index (κ2) is 4.71. The highest BCUT2D eigenvalue weighted by Crippen LogP contribution is 2.16. The summed E-state index contributed by atoms with van der Waals surface area (Å²) in [6.45, 7) is 0. The normalized spacial score (nSPS) is 12.3. The molecule has 2 rings (SSSR count). The largest absolute Gasteiger partial charge is 0.481 e. The van der Waals surface area contributed by atoms with Crippen molar-refractivity contribution in [2.75, 3.05) is 0 Å². The minimum Gasteiger partial charge on any atom is -0.481 e. The van der Waals surface area contributed by atoms with E-state index >= 15 is 0 Å². The standard InChI is InChI=1S/C10H10N4O3/c15-8(3-10(16)17)7-1-2-9(12-4-7)14-6-11-5-13-14/h1-2,4-6,8,15H,3H2,(H,16,17). The molecular formula is C10H10N4O3. The fourth-order valence-electron chi connectivity index (χ4n) is 1.34. The van der Waals surface area contributed by atoms with E-state index in [1.54, 1.807) is 12.1 Å². The van der Waals surface area contributed by atoms with Crippen molar-refractivity contribution in [3.63, 3.8) is 0 Å². The molecule has 2 heterocycles. The van der Waals surface area contributed by atoms with Crippen molar-refractivity contribution in [2.24, 2.45) is 0 Å². The quantitative estimate of drug-likeness (QED) is 0.782. The number of aliphatic carboxylic acids is 1. The Morgan fingerprint density at radius 3 is 2.82 bits per heavy atom. The first-order valence-corrected chi connectivity index (χ1v) is 4.87. The lowest BCUT2D eigenvalue weighted by atomic mass is 10.1. The van der Waals surface area contributed by atoms with Crippen molar-refractivity contribution in [3.05, 3.63) is 36.5 Å². The Morgan fingerprint density at radius 2 is 2.29 bits per heavy atom. The van der Waals surface area contributed by atoms with E-state index in [1.165, 1.54) is 23.5 Å². The smallest absolute Gasteiger partial charge is 0.306 e. The van der Waals surface area contributed by atoms with Gasteiger partial charge in [-0.1, -0.05) is 6.07 Å². The van der Waals surface area contributed by atoms with Crippen LogP contribution in [-0.4, -0.2) is 35.9 Å². The summed E-state index contributed by atoms with van der Waals surface area (Å²) in [5.41, 5.74) is 0.455. The lowest BCUT2D eigenvalue weighted by molar-refractivity contribution is -0.139. The van der Waals surface area contributed by atoms with Gasteiger partial charge in [0.1, 0.15) is 12.7 Å². The van der Waals surface area contributed by atoms with Crippen LogP contribution in [0.15, 0.2) is 31.0 Å². The minimum absolute atomic E-state index is 0.343. The molecule has 0 saturated carbocycles. The van der Waals surface area contributed by atoms with Crippen LogP contribution in [0.2, 0.25) is 0 Å². The second-order valence-electron chi connectivity index (χ2n) is 3.40. The van der Waals surface area contributed by atoms with Crippen LogP contribution in [0.4, 0.5) is 0 Å². The Balaban J connectivity index is 2.15. The van der Waals surface area contributed by atoms with E-state index in [0.717, 1.165) is 0 Å². The van der Waals surface area contributed by atoms with Gasteiger partial charge in [-0.15, -0.1) is 0 Å². The van der Waals surface area contributed by atoms with Crippen molar-refractivity contribution >= 4 is 5.97 Å². The summed E-state index contributed by atoms with van der Waals surface area (Å²) in [6.07, 6.45) is 2.91. The van der Waals surface area contributed by atoms with Crippen molar-refractivity contribution in [1.82, 2.24) is 19.7 Å². The van der Waals surface area contributed by atoms with E-state index in [9.17, 15) is 9.90 Å². The summed E-state index contributed by atoms with van der Waals surface area (Å²) < 4.78 is 1.47. The monoisotopic (exact) mass is 234 g/mol. The lowest BCUT2D eigenvalue weighted by Gasteiger charge is -2.08. The van der Waals surface area contributed by atoms with Crippen LogP contribution in [0.25, 0.3) is 5.82 Å². The number of carbonyl (C=O) groups is 1. The maximum Gasteiger partial charge on any atom is 0.306 e. The van der Waals surface area contributed by atoms with Gasteiger partial charge < -0.3 is 10.2 Å². The van der Waals surface area contributed by atoms with Crippen LogP contribution < -0.4 is 0 Å². The number of aliphatic hydroxyl groups is 1. The second-order valence-corrected chi connectivity index (χ2v) is 3.40. The molecular weight excluding hydrogens is 224 g/mol. The Bertz CT molecular complexity index is 495. The number of hydrogen-bond acceptors (Lipinski definition) is 5. The fraction of sp³-hybridized carbons (Fsp3) is 0.200. The number of pyridine rings is 1. The maximum atomic E-state index is 10.4. The summed E-state index contributed by atoms with van der Waals surface area (Å²) in [6, 6.07) is 3.24. The van der Waals surface area contributed by atoms with Gasteiger partial charge in [-0.05, 0) is 11.6 Å². The number of aromatic nitrogens is 4. The molecule has 0 spiro atoms. The van der Waals surface area contributed by atoms with Crippen LogP contribution in [0.3, 0.4) is 0 Å². The Hall–Kier alpha value is -2.28. The average Bonchev–Trinajstić information content (AvgIpc) is 2.82. The Kier molecular flexibility index (Phi) is 3.10. The van der Waals surface area contributed by atoms with Crippen molar-refractivity contribution in [1.29, 1.82) is 0 Å². The average molecular weight is 234 g/mol. The van der Waals surface area contributed by atoms with E-state index in [0.29, 0.717) is 11.4 Å². The molecule has 2 aromatic rings. The van der Waals surface area contributed by atoms with E-state index in [-0.39, 0.29) is 6.42 Å². The zero-order valence-electron chi connectivity index (χ0n) is 8.76. The molecule has 7 nitrogen and oxygen atoms in total. The number of hydrogen-bond donors (Lipinski definition) is 2. The highest BCUT2D eigenvalue weighted by molar-refractivity contribution is 5.67. The Morgan fingerprint density at radius 1 is 1.47 bits per heavy atom. The van der Waals surface area contributed by atoms with Crippen molar-refractivity contribution in [2.45, 2.75) is 12.5 Å². The third-order valence-electron chi connectivity index (χ3n) is 2.18.